The molecule has 14 heteroatoms. The molecule has 0 aliphatic carbocycles. The molecule has 2 rings (SSSR count). The van der Waals surface area contributed by atoms with Crippen molar-refractivity contribution < 1.29 is 50.2 Å². The Hall–Kier alpha value is -2.65. The standard InChI is InChI=1S/C24H32F3NO8SSi/c1-23(2,3)38(4,5)34-15-14-33-22(28(30)17-29)16-37(31,32)21-12-10-19(11-13-21)35-18-6-8-20(9-7-18)36-24(25,26)27/h6-13,17,22,30H,14-16H2,1-5H3. The summed E-state index contributed by atoms with van der Waals surface area (Å²) in [4.78, 5) is 11.0. The molecule has 1 atom stereocenters. The van der Waals surface area contributed by atoms with Gasteiger partial charge in [0.15, 0.2) is 24.4 Å². The molecule has 0 saturated carbocycles. The van der Waals surface area contributed by atoms with E-state index in [4.69, 9.17) is 13.9 Å². The maximum atomic E-state index is 12.9. The lowest BCUT2D eigenvalue weighted by molar-refractivity contribution is -0.274. The number of amides is 1. The van der Waals surface area contributed by atoms with Crippen LogP contribution in [0.4, 0.5) is 13.2 Å². The van der Waals surface area contributed by atoms with Crippen LogP contribution in [-0.2, 0) is 23.8 Å². The van der Waals surface area contributed by atoms with Gasteiger partial charge in [-0.05, 0) is 66.7 Å². The molecule has 0 aliphatic rings. The van der Waals surface area contributed by atoms with Gasteiger partial charge in [0.05, 0.1) is 18.1 Å². The molecule has 1 amide bonds. The number of hydrogen-bond acceptors (Lipinski definition) is 8. The molecule has 0 saturated heterocycles. The fraction of sp³-hybridized carbons (Fsp3) is 0.458. The Morgan fingerprint density at radius 1 is 0.947 bits per heavy atom. The van der Waals surface area contributed by atoms with Crippen LogP contribution >= 0.6 is 0 Å². The number of hydrogen-bond donors (Lipinski definition) is 1. The van der Waals surface area contributed by atoms with Crippen molar-refractivity contribution >= 4 is 24.6 Å². The van der Waals surface area contributed by atoms with Crippen molar-refractivity contribution in [2.24, 2.45) is 0 Å². The second kappa shape index (κ2) is 12.5. The fourth-order valence-corrected chi connectivity index (χ4v) is 5.20. The van der Waals surface area contributed by atoms with Crippen LogP contribution in [0.1, 0.15) is 20.8 Å². The lowest BCUT2D eigenvalue weighted by Crippen LogP contribution is -2.43. The van der Waals surface area contributed by atoms with E-state index in [0.717, 1.165) is 12.1 Å². The lowest BCUT2D eigenvalue weighted by atomic mass is 10.2. The number of halogens is 3. The largest absolute Gasteiger partial charge is 0.573 e. The predicted molar refractivity (Wildman–Crippen MR) is 134 cm³/mol. The minimum absolute atomic E-state index is 0.0393. The number of ether oxygens (including phenoxy) is 3. The van der Waals surface area contributed by atoms with Gasteiger partial charge in [0.2, 0.25) is 6.41 Å². The highest BCUT2D eigenvalue weighted by Crippen LogP contribution is 2.36. The van der Waals surface area contributed by atoms with Gasteiger partial charge in [0, 0.05) is 0 Å². The topological polar surface area (TPSA) is 112 Å². The fourth-order valence-electron chi connectivity index (χ4n) is 2.81. The number of sulfone groups is 1. The summed E-state index contributed by atoms with van der Waals surface area (Å²) in [6, 6.07) is 9.89. The van der Waals surface area contributed by atoms with Crippen LogP contribution in [0.5, 0.6) is 17.2 Å². The van der Waals surface area contributed by atoms with E-state index in [1.807, 2.05) is 13.1 Å². The van der Waals surface area contributed by atoms with Crippen LogP contribution < -0.4 is 9.47 Å². The number of nitrogens with zero attached hydrogens (tertiary/aromatic N) is 1. The van der Waals surface area contributed by atoms with Crippen LogP contribution in [0, 0.1) is 0 Å². The van der Waals surface area contributed by atoms with Crippen molar-refractivity contribution in [1.82, 2.24) is 5.06 Å². The first-order chi connectivity index (χ1) is 17.4. The monoisotopic (exact) mass is 579 g/mol. The molecule has 0 aliphatic heterocycles. The number of carbonyl (C=O) groups is 1. The normalized spacial score (nSPS) is 13.6. The maximum Gasteiger partial charge on any atom is 0.573 e. The van der Waals surface area contributed by atoms with E-state index in [0.29, 0.717) is 0 Å². The van der Waals surface area contributed by atoms with Crippen molar-refractivity contribution in [1.29, 1.82) is 0 Å². The number of rotatable bonds is 13. The summed E-state index contributed by atoms with van der Waals surface area (Å²) in [5.41, 5.74) is 0. The van der Waals surface area contributed by atoms with Gasteiger partial charge in [-0.15, -0.1) is 13.2 Å². The van der Waals surface area contributed by atoms with Gasteiger partial charge in [-0.3, -0.25) is 10.0 Å². The Morgan fingerprint density at radius 2 is 1.45 bits per heavy atom. The summed E-state index contributed by atoms with van der Waals surface area (Å²) in [5, 5.41) is 9.97. The minimum atomic E-state index is -4.81. The van der Waals surface area contributed by atoms with E-state index in [2.05, 4.69) is 25.5 Å². The molecule has 0 radical (unpaired) electrons. The molecule has 2 aromatic rings. The van der Waals surface area contributed by atoms with E-state index in [1.165, 1.54) is 36.4 Å². The molecule has 9 nitrogen and oxygen atoms in total. The van der Waals surface area contributed by atoms with Crippen molar-refractivity contribution in [3.8, 4) is 17.2 Å². The summed E-state index contributed by atoms with van der Waals surface area (Å²) >= 11 is 0. The smallest absolute Gasteiger partial charge is 0.457 e. The van der Waals surface area contributed by atoms with Crippen LogP contribution in [0.3, 0.4) is 0 Å². The third kappa shape index (κ3) is 9.58. The first-order valence-electron chi connectivity index (χ1n) is 11.5. The highest BCUT2D eigenvalue weighted by Gasteiger charge is 2.37. The first kappa shape index (κ1) is 31.6. The molecule has 1 unspecified atom stereocenters. The lowest BCUT2D eigenvalue weighted by Gasteiger charge is -2.36. The second-order valence-corrected chi connectivity index (χ2v) is 16.6. The van der Waals surface area contributed by atoms with Crippen LogP contribution in [0.25, 0.3) is 0 Å². The van der Waals surface area contributed by atoms with Crippen LogP contribution in [0.15, 0.2) is 53.4 Å². The van der Waals surface area contributed by atoms with Gasteiger partial charge < -0.3 is 18.6 Å². The van der Waals surface area contributed by atoms with Gasteiger partial charge >= 0.3 is 6.36 Å². The van der Waals surface area contributed by atoms with E-state index < -0.39 is 42.2 Å². The molecule has 0 bridgehead atoms. The molecule has 1 N–H and O–H groups in total. The molecule has 212 valence electrons. The van der Waals surface area contributed by atoms with Crippen molar-refractivity contribution in [2.45, 2.75) is 56.4 Å². The summed E-state index contributed by atoms with van der Waals surface area (Å²) in [7, 11) is -6.08. The van der Waals surface area contributed by atoms with E-state index >= 15 is 0 Å². The Bertz CT molecular complexity index is 1150. The van der Waals surface area contributed by atoms with E-state index in [-0.39, 0.29) is 46.1 Å². The number of carbonyl (C=O) groups excluding carboxylic acids is 1. The zero-order chi connectivity index (χ0) is 28.8. The average Bonchev–Trinajstić information content (AvgIpc) is 2.80. The highest BCUT2D eigenvalue weighted by atomic mass is 32.2. The second-order valence-electron chi connectivity index (χ2n) is 9.79. The summed E-state index contributed by atoms with van der Waals surface area (Å²) in [6.07, 6.45) is -6.23. The van der Waals surface area contributed by atoms with Gasteiger partial charge in [0.1, 0.15) is 23.0 Å². The van der Waals surface area contributed by atoms with E-state index in [1.54, 1.807) is 0 Å². The third-order valence-electron chi connectivity index (χ3n) is 5.90. The zero-order valence-corrected chi connectivity index (χ0v) is 23.5. The van der Waals surface area contributed by atoms with Gasteiger partial charge in [-0.25, -0.2) is 8.42 Å². The number of benzene rings is 2. The SMILES string of the molecule is CC(C)(C)[Si](C)(C)OCCOC(CS(=O)(=O)c1ccc(Oc2ccc(OC(F)(F)F)cc2)cc1)N(O)C=O. The summed E-state index contributed by atoms with van der Waals surface area (Å²) in [5.74, 6) is -0.711. The van der Waals surface area contributed by atoms with Gasteiger partial charge in [-0.1, -0.05) is 20.8 Å². The molecular weight excluding hydrogens is 547 g/mol. The quantitative estimate of drug-likeness (QED) is 0.0843. The molecule has 0 fully saturated rings. The summed E-state index contributed by atoms with van der Waals surface area (Å²) in [6.45, 7) is 10.4. The molecular formula is C24H32F3NO8SSi. The highest BCUT2D eigenvalue weighted by molar-refractivity contribution is 7.91. The average molecular weight is 580 g/mol. The first-order valence-corrected chi connectivity index (χ1v) is 16.0. The van der Waals surface area contributed by atoms with E-state index in [9.17, 15) is 31.6 Å². The zero-order valence-electron chi connectivity index (χ0n) is 21.7. The van der Waals surface area contributed by atoms with Gasteiger partial charge in [0.25, 0.3) is 0 Å². The minimum Gasteiger partial charge on any atom is -0.457 e. The van der Waals surface area contributed by atoms with Crippen molar-refractivity contribution in [3.05, 3.63) is 48.5 Å². The van der Waals surface area contributed by atoms with Crippen molar-refractivity contribution in [3.63, 3.8) is 0 Å². The predicted octanol–water partition coefficient (Wildman–Crippen LogP) is 5.36. The number of alkyl halides is 3. The number of hydroxylamine groups is 2. The third-order valence-corrected chi connectivity index (χ3v) is 12.2. The van der Waals surface area contributed by atoms with Gasteiger partial charge in [-0.2, -0.15) is 5.06 Å². The van der Waals surface area contributed by atoms with Crippen LogP contribution in [0.2, 0.25) is 18.1 Å². The van der Waals surface area contributed by atoms with Crippen LogP contribution in [-0.4, -0.2) is 65.0 Å². The Balaban J connectivity index is 2.01. The molecule has 0 heterocycles. The summed E-state index contributed by atoms with van der Waals surface area (Å²) < 4.78 is 83.4. The Kier molecular flexibility index (Phi) is 10.4. The van der Waals surface area contributed by atoms with Crippen molar-refractivity contribution in [2.75, 3.05) is 19.0 Å². The maximum absolute atomic E-state index is 12.9. The molecule has 0 aromatic heterocycles. The Labute approximate surface area is 221 Å². The molecule has 38 heavy (non-hydrogen) atoms. The molecule has 0 spiro atoms. The molecule has 2 aromatic carbocycles. The Morgan fingerprint density at radius 3 is 1.92 bits per heavy atom.